The Kier molecular flexibility index (Phi) is 5.36. The van der Waals surface area contributed by atoms with Gasteiger partial charge in [-0.2, -0.15) is 0 Å². The van der Waals surface area contributed by atoms with E-state index in [4.69, 9.17) is 4.74 Å². The highest BCUT2D eigenvalue weighted by Gasteiger charge is 2.22. The standard InChI is InChI=1S/C14H19NO3/c1-10(2)9-12(14(17)18-3)15-13(16)11-7-5-4-6-8-11/h4-8,10,12H,9H2,1-3H3,(H,15,16)/t12-/m1/s1. The summed E-state index contributed by atoms with van der Waals surface area (Å²) in [5, 5.41) is 2.70. The van der Waals surface area contributed by atoms with Crippen molar-refractivity contribution in [2.45, 2.75) is 26.3 Å². The van der Waals surface area contributed by atoms with Gasteiger partial charge in [-0.25, -0.2) is 4.79 Å². The van der Waals surface area contributed by atoms with Gasteiger partial charge in [0.1, 0.15) is 6.04 Å². The van der Waals surface area contributed by atoms with Crippen molar-refractivity contribution >= 4 is 11.9 Å². The number of rotatable bonds is 5. The monoisotopic (exact) mass is 249 g/mol. The molecule has 1 aromatic carbocycles. The molecule has 1 aromatic rings. The minimum atomic E-state index is -0.595. The van der Waals surface area contributed by atoms with Crippen molar-refractivity contribution in [3.05, 3.63) is 35.9 Å². The molecule has 18 heavy (non-hydrogen) atoms. The lowest BCUT2D eigenvalue weighted by atomic mass is 10.0. The van der Waals surface area contributed by atoms with Crippen molar-refractivity contribution in [1.82, 2.24) is 5.32 Å². The zero-order valence-electron chi connectivity index (χ0n) is 11.0. The lowest BCUT2D eigenvalue weighted by molar-refractivity contribution is -0.143. The number of amides is 1. The second-order valence-corrected chi connectivity index (χ2v) is 4.54. The van der Waals surface area contributed by atoms with E-state index in [9.17, 15) is 9.59 Å². The number of benzene rings is 1. The molecular weight excluding hydrogens is 230 g/mol. The fourth-order valence-electron chi connectivity index (χ4n) is 1.66. The Labute approximate surface area is 107 Å². The van der Waals surface area contributed by atoms with Gasteiger partial charge in [0, 0.05) is 5.56 Å². The van der Waals surface area contributed by atoms with Gasteiger partial charge in [0.25, 0.3) is 5.91 Å². The fourth-order valence-corrected chi connectivity index (χ4v) is 1.66. The molecule has 0 aliphatic heterocycles. The van der Waals surface area contributed by atoms with E-state index in [0.29, 0.717) is 17.9 Å². The maximum absolute atomic E-state index is 11.9. The van der Waals surface area contributed by atoms with Crippen LogP contribution < -0.4 is 5.32 Å². The van der Waals surface area contributed by atoms with E-state index in [1.807, 2.05) is 19.9 Å². The van der Waals surface area contributed by atoms with Gasteiger partial charge in [-0.15, -0.1) is 0 Å². The SMILES string of the molecule is COC(=O)[C@@H](CC(C)C)NC(=O)c1ccccc1. The van der Waals surface area contributed by atoms with Crippen LogP contribution in [0.25, 0.3) is 0 Å². The number of hydrogen-bond donors (Lipinski definition) is 1. The molecule has 0 bridgehead atoms. The first-order chi connectivity index (χ1) is 8.54. The van der Waals surface area contributed by atoms with Gasteiger partial charge >= 0.3 is 5.97 Å². The molecule has 1 N–H and O–H groups in total. The minimum absolute atomic E-state index is 0.258. The van der Waals surface area contributed by atoms with Gasteiger partial charge in [-0.3, -0.25) is 4.79 Å². The van der Waals surface area contributed by atoms with Crippen LogP contribution in [0.2, 0.25) is 0 Å². The molecule has 98 valence electrons. The van der Waals surface area contributed by atoms with Crippen molar-refractivity contribution in [1.29, 1.82) is 0 Å². The van der Waals surface area contributed by atoms with E-state index < -0.39 is 12.0 Å². The molecule has 0 radical (unpaired) electrons. The summed E-state index contributed by atoms with van der Waals surface area (Å²) in [6.45, 7) is 3.98. The Morgan fingerprint density at radius 3 is 2.33 bits per heavy atom. The predicted molar refractivity (Wildman–Crippen MR) is 69.2 cm³/mol. The summed E-state index contributed by atoms with van der Waals surface area (Å²) < 4.78 is 4.70. The van der Waals surface area contributed by atoms with Crippen molar-refractivity contribution in [2.75, 3.05) is 7.11 Å². The van der Waals surface area contributed by atoms with Crippen LogP contribution in [0.4, 0.5) is 0 Å². The zero-order chi connectivity index (χ0) is 13.5. The van der Waals surface area contributed by atoms with Crippen molar-refractivity contribution in [3.8, 4) is 0 Å². The van der Waals surface area contributed by atoms with Gasteiger partial charge in [0.05, 0.1) is 7.11 Å². The number of nitrogens with one attached hydrogen (secondary N) is 1. The third kappa shape index (κ3) is 4.20. The normalized spacial score (nSPS) is 12.0. The van der Waals surface area contributed by atoms with Crippen LogP contribution in [0.1, 0.15) is 30.6 Å². The van der Waals surface area contributed by atoms with Crippen LogP contribution in [-0.2, 0) is 9.53 Å². The van der Waals surface area contributed by atoms with Crippen LogP contribution in [0.3, 0.4) is 0 Å². The summed E-state index contributed by atoms with van der Waals surface area (Å²) in [5.41, 5.74) is 0.537. The highest BCUT2D eigenvalue weighted by atomic mass is 16.5. The molecule has 0 spiro atoms. The van der Waals surface area contributed by atoms with Gasteiger partial charge in [0.2, 0.25) is 0 Å². The van der Waals surface area contributed by atoms with Crippen LogP contribution >= 0.6 is 0 Å². The molecule has 0 aromatic heterocycles. The van der Waals surface area contributed by atoms with E-state index in [0.717, 1.165) is 0 Å². The number of methoxy groups -OCH3 is 1. The summed E-state index contributed by atoms with van der Waals surface area (Å²) in [7, 11) is 1.32. The lowest BCUT2D eigenvalue weighted by Gasteiger charge is -2.18. The summed E-state index contributed by atoms with van der Waals surface area (Å²) in [6.07, 6.45) is 0.561. The summed E-state index contributed by atoms with van der Waals surface area (Å²) in [5.74, 6) is -0.371. The van der Waals surface area contributed by atoms with Gasteiger partial charge < -0.3 is 10.1 Å². The number of ether oxygens (including phenoxy) is 1. The van der Waals surface area contributed by atoms with E-state index in [1.54, 1.807) is 24.3 Å². The molecule has 1 amide bonds. The molecule has 1 atom stereocenters. The quantitative estimate of drug-likeness (QED) is 0.812. The third-order valence-corrected chi connectivity index (χ3v) is 2.53. The first kappa shape index (κ1) is 14.2. The molecule has 0 aliphatic carbocycles. The molecule has 0 aliphatic rings. The van der Waals surface area contributed by atoms with Crippen LogP contribution in [0.15, 0.2) is 30.3 Å². The van der Waals surface area contributed by atoms with Crippen molar-refractivity contribution in [3.63, 3.8) is 0 Å². The summed E-state index contributed by atoms with van der Waals surface area (Å²) >= 11 is 0. The number of carbonyl (C=O) groups excluding carboxylic acids is 2. The van der Waals surface area contributed by atoms with E-state index >= 15 is 0 Å². The number of carbonyl (C=O) groups is 2. The Balaban J connectivity index is 2.71. The highest BCUT2D eigenvalue weighted by Crippen LogP contribution is 2.08. The van der Waals surface area contributed by atoms with E-state index in [1.165, 1.54) is 7.11 Å². The van der Waals surface area contributed by atoms with E-state index in [2.05, 4.69) is 5.32 Å². The molecule has 0 fully saturated rings. The third-order valence-electron chi connectivity index (χ3n) is 2.53. The molecule has 4 heteroatoms. The average Bonchev–Trinajstić information content (AvgIpc) is 2.37. The predicted octanol–water partition coefficient (Wildman–Crippen LogP) is 2.00. The zero-order valence-corrected chi connectivity index (χ0v) is 11.0. The van der Waals surface area contributed by atoms with Crippen LogP contribution in [0, 0.1) is 5.92 Å². The van der Waals surface area contributed by atoms with Crippen LogP contribution in [0.5, 0.6) is 0 Å². The minimum Gasteiger partial charge on any atom is -0.467 e. The molecule has 1 rings (SSSR count). The molecule has 4 nitrogen and oxygen atoms in total. The summed E-state index contributed by atoms with van der Waals surface area (Å²) in [4.78, 5) is 23.5. The fraction of sp³-hybridized carbons (Fsp3) is 0.429. The number of esters is 1. The molecule has 0 saturated carbocycles. The topological polar surface area (TPSA) is 55.4 Å². The van der Waals surface area contributed by atoms with Gasteiger partial charge in [-0.1, -0.05) is 32.0 Å². The molecule has 0 unspecified atom stereocenters. The molecule has 0 heterocycles. The second-order valence-electron chi connectivity index (χ2n) is 4.54. The van der Waals surface area contributed by atoms with Crippen molar-refractivity contribution in [2.24, 2.45) is 5.92 Å². The van der Waals surface area contributed by atoms with Crippen LogP contribution in [-0.4, -0.2) is 25.0 Å². The summed E-state index contributed by atoms with van der Waals surface area (Å²) in [6, 6.07) is 8.22. The Morgan fingerprint density at radius 2 is 1.83 bits per heavy atom. The first-order valence-electron chi connectivity index (χ1n) is 5.98. The maximum atomic E-state index is 11.9. The molecular formula is C14H19NO3. The largest absolute Gasteiger partial charge is 0.467 e. The smallest absolute Gasteiger partial charge is 0.328 e. The first-order valence-corrected chi connectivity index (χ1v) is 5.98. The van der Waals surface area contributed by atoms with Gasteiger partial charge in [0.15, 0.2) is 0 Å². The van der Waals surface area contributed by atoms with Gasteiger partial charge in [-0.05, 0) is 24.5 Å². The highest BCUT2D eigenvalue weighted by molar-refractivity contribution is 5.96. The molecule has 0 saturated heterocycles. The average molecular weight is 249 g/mol. The Morgan fingerprint density at radius 1 is 1.22 bits per heavy atom. The Hall–Kier alpha value is -1.84. The second kappa shape index (κ2) is 6.79. The lowest BCUT2D eigenvalue weighted by Crippen LogP contribution is -2.42. The van der Waals surface area contributed by atoms with Crippen molar-refractivity contribution < 1.29 is 14.3 Å². The number of hydrogen-bond acceptors (Lipinski definition) is 3. The maximum Gasteiger partial charge on any atom is 0.328 e. The van der Waals surface area contributed by atoms with E-state index in [-0.39, 0.29) is 5.91 Å². The Bertz CT molecular complexity index is 401.